The van der Waals surface area contributed by atoms with Crippen molar-refractivity contribution < 1.29 is 18.7 Å². The molecule has 1 N–H and O–H groups in total. The molecule has 1 aliphatic heterocycles. The van der Waals surface area contributed by atoms with Crippen LogP contribution in [-0.2, 0) is 11.2 Å². The number of benzene rings is 2. The van der Waals surface area contributed by atoms with Crippen LogP contribution < -0.4 is 19.7 Å². The predicted octanol–water partition coefficient (Wildman–Crippen LogP) is 2.32. The fraction of sp³-hybridized carbons (Fsp3) is 0.409. The number of rotatable bonds is 8. The molecule has 156 valence electrons. The van der Waals surface area contributed by atoms with Crippen LogP contribution in [0.2, 0.25) is 0 Å². The Morgan fingerprint density at radius 1 is 1.03 bits per heavy atom. The summed E-state index contributed by atoms with van der Waals surface area (Å²) in [6.45, 7) is 4.62. The molecule has 0 saturated carbocycles. The van der Waals surface area contributed by atoms with Gasteiger partial charge in [0.25, 0.3) is 0 Å². The van der Waals surface area contributed by atoms with Crippen molar-refractivity contribution in [1.29, 1.82) is 0 Å². The second-order valence-electron chi connectivity index (χ2n) is 7.00. The number of carbonyl (C=O) groups is 1. The SMILES string of the molecule is COc1ccc(CC(=O)NCCN2CCN(c3ccccc3F)CC2)cc1OC. The minimum absolute atomic E-state index is 0.0257. The first-order valence-electron chi connectivity index (χ1n) is 9.80. The third kappa shape index (κ3) is 5.60. The summed E-state index contributed by atoms with van der Waals surface area (Å²) < 4.78 is 24.4. The Morgan fingerprint density at radius 2 is 1.76 bits per heavy atom. The topological polar surface area (TPSA) is 54.0 Å². The number of anilines is 1. The highest BCUT2D eigenvalue weighted by atomic mass is 19.1. The van der Waals surface area contributed by atoms with Crippen LogP contribution >= 0.6 is 0 Å². The summed E-state index contributed by atoms with van der Waals surface area (Å²) in [5, 5.41) is 2.97. The standard InChI is InChI=1S/C22H28FN3O3/c1-28-20-8-7-17(15-21(20)29-2)16-22(27)24-9-10-25-11-13-26(14-12-25)19-6-4-3-5-18(19)23/h3-8,15H,9-14,16H2,1-2H3,(H,24,27). The van der Waals surface area contributed by atoms with Gasteiger partial charge in [0.05, 0.1) is 26.3 Å². The Labute approximate surface area is 171 Å². The van der Waals surface area contributed by atoms with Crippen molar-refractivity contribution in [2.75, 3.05) is 58.4 Å². The minimum Gasteiger partial charge on any atom is -0.493 e. The minimum atomic E-state index is -0.177. The average Bonchev–Trinajstić information content (AvgIpc) is 2.74. The molecule has 0 aromatic heterocycles. The molecular weight excluding hydrogens is 373 g/mol. The number of nitrogens with one attached hydrogen (secondary N) is 1. The van der Waals surface area contributed by atoms with E-state index in [1.807, 2.05) is 24.3 Å². The van der Waals surface area contributed by atoms with Gasteiger partial charge in [0.2, 0.25) is 5.91 Å². The van der Waals surface area contributed by atoms with Crippen LogP contribution in [0.1, 0.15) is 5.56 Å². The van der Waals surface area contributed by atoms with Crippen molar-refractivity contribution in [3.05, 3.63) is 53.8 Å². The van der Waals surface area contributed by atoms with Gasteiger partial charge in [-0.25, -0.2) is 4.39 Å². The zero-order valence-corrected chi connectivity index (χ0v) is 17.0. The van der Waals surface area contributed by atoms with Crippen LogP contribution in [-0.4, -0.2) is 64.3 Å². The molecule has 0 spiro atoms. The molecule has 0 radical (unpaired) electrons. The average molecular weight is 401 g/mol. The smallest absolute Gasteiger partial charge is 0.224 e. The maximum absolute atomic E-state index is 13.9. The lowest BCUT2D eigenvalue weighted by Crippen LogP contribution is -2.48. The van der Waals surface area contributed by atoms with Crippen molar-refractivity contribution in [3.8, 4) is 11.5 Å². The van der Waals surface area contributed by atoms with Gasteiger partial charge in [-0.15, -0.1) is 0 Å². The summed E-state index contributed by atoms with van der Waals surface area (Å²) in [6.07, 6.45) is 0.293. The number of methoxy groups -OCH3 is 2. The van der Waals surface area contributed by atoms with E-state index in [1.54, 1.807) is 26.4 Å². The Balaban J connectivity index is 1.39. The lowest BCUT2D eigenvalue weighted by Gasteiger charge is -2.36. The molecule has 7 heteroatoms. The third-order valence-corrected chi connectivity index (χ3v) is 5.13. The number of hydrogen-bond acceptors (Lipinski definition) is 5. The van der Waals surface area contributed by atoms with Gasteiger partial charge in [-0.1, -0.05) is 18.2 Å². The number of halogens is 1. The van der Waals surface area contributed by atoms with E-state index < -0.39 is 0 Å². The summed E-state index contributed by atoms with van der Waals surface area (Å²) in [7, 11) is 3.16. The van der Waals surface area contributed by atoms with E-state index in [1.165, 1.54) is 6.07 Å². The number of amides is 1. The second-order valence-corrected chi connectivity index (χ2v) is 7.00. The van der Waals surface area contributed by atoms with Crippen molar-refractivity contribution in [2.45, 2.75) is 6.42 Å². The van der Waals surface area contributed by atoms with Gasteiger partial charge in [0.15, 0.2) is 11.5 Å². The largest absolute Gasteiger partial charge is 0.493 e. The molecule has 1 heterocycles. The Kier molecular flexibility index (Phi) is 7.30. The summed E-state index contributed by atoms with van der Waals surface area (Å²) in [4.78, 5) is 16.6. The molecule has 0 aliphatic carbocycles. The van der Waals surface area contributed by atoms with Crippen molar-refractivity contribution >= 4 is 11.6 Å². The number of carbonyl (C=O) groups excluding carboxylic acids is 1. The molecule has 6 nitrogen and oxygen atoms in total. The predicted molar refractivity (Wildman–Crippen MR) is 111 cm³/mol. The van der Waals surface area contributed by atoms with Crippen LogP contribution in [0, 0.1) is 5.82 Å². The number of ether oxygens (including phenoxy) is 2. The molecule has 1 amide bonds. The molecule has 0 atom stereocenters. The molecule has 29 heavy (non-hydrogen) atoms. The molecular formula is C22H28FN3O3. The summed E-state index contributed by atoms with van der Waals surface area (Å²) in [6, 6.07) is 12.4. The zero-order valence-electron chi connectivity index (χ0n) is 17.0. The van der Waals surface area contributed by atoms with Crippen molar-refractivity contribution in [3.63, 3.8) is 0 Å². The highest BCUT2D eigenvalue weighted by Gasteiger charge is 2.19. The van der Waals surface area contributed by atoms with Gasteiger partial charge < -0.3 is 19.7 Å². The van der Waals surface area contributed by atoms with Gasteiger partial charge >= 0.3 is 0 Å². The maximum Gasteiger partial charge on any atom is 0.224 e. The first-order chi connectivity index (χ1) is 14.1. The summed E-state index contributed by atoms with van der Waals surface area (Å²) >= 11 is 0. The van der Waals surface area contributed by atoms with E-state index in [-0.39, 0.29) is 11.7 Å². The van der Waals surface area contributed by atoms with E-state index in [4.69, 9.17) is 9.47 Å². The fourth-order valence-electron chi connectivity index (χ4n) is 3.51. The lowest BCUT2D eigenvalue weighted by atomic mass is 10.1. The molecule has 1 fully saturated rings. The lowest BCUT2D eigenvalue weighted by molar-refractivity contribution is -0.120. The number of piperazine rings is 1. The van der Waals surface area contributed by atoms with Crippen LogP contribution in [0.15, 0.2) is 42.5 Å². The highest BCUT2D eigenvalue weighted by molar-refractivity contribution is 5.78. The molecule has 0 unspecified atom stereocenters. The monoisotopic (exact) mass is 401 g/mol. The summed E-state index contributed by atoms with van der Waals surface area (Å²) in [5.74, 6) is 1.06. The zero-order chi connectivity index (χ0) is 20.6. The molecule has 1 saturated heterocycles. The van der Waals surface area contributed by atoms with Crippen LogP contribution in [0.3, 0.4) is 0 Å². The maximum atomic E-state index is 13.9. The van der Waals surface area contributed by atoms with E-state index in [0.29, 0.717) is 30.2 Å². The van der Waals surface area contributed by atoms with Crippen LogP contribution in [0.25, 0.3) is 0 Å². The first-order valence-corrected chi connectivity index (χ1v) is 9.80. The van der Waals surface area contributed by atoms with Gasteiger partial charge in [-0.3, -0.25) is 9.69 Å². The number of para-hydroxylation sites is 1. The fourth-order valence-corrected chi connectivity index (χ4v) is 3.51. The summed E-state index contributed by atoms with van der Waals surface area (Å²) in [5.41, 5.74) is 1.54. The van der Waals surface area contributed by atoms with Gasteiger partial charge in [0, 0.05) is 39.3 Å². The van der Waals surface area contributed by atoms with E-state index >= 15 is 0 Å². The first kappa shape index (κ1) is 20.9. The third-order valence-electron chi connectivity index (χ3n) is 5.13. The van der Waals surface area contributed by atoms with Crippen molar-refractivity contribution in [2.24, 2.45) is 0 Å². The Hall–Kier alpha value is -2.80. The molecule has 3 rings (SSSR count). The second kappa shape index (κ2) is 10.1. The van der Waals surface area contributed by atoms with Crippen LogP contribution in [0.5, 0.6) is 11.5 Å². The Bertz CT molecular complexity index is 823. The quantitative estimate of drug-likeness (QED) is 0.736. The van der Waals surface area contributed by atoms with E-state index in [0.717, 1.165) is 38.3 Å². The van der Waals surface area contributed by atoms with E-state index in [9.17, 15) is 9.18 Å². The molecule has 2 aromatic carbocycles. The molecule has 1 aliphatic rings. The normalized spacial score (nSPS) is 14.5. The number of nitrogens with zero attached hydrogens (tertiary/aromatic N) is 2. The van der Waals surface area contributed by atoms with Crippen LogP contribution in [0.4, 0.5) is 10.1 Å². The van der Waals surface area contributed by atoms with Crippen molar-refractivity contribution in [1.82, 2.24) is 10.2 Å². The number of hydrogen-bond donors (Lipinski definition) is 1. The molecule has 2 aromatic rings. The Morgan fingerprint density at radius 3 is 2.45 bits per heavy atom. The van der Waals surface area contributed by atoms with Gasteiger partial charge in [-0.05, 0) is 29.8 Å². The molecule has 0 bridgehead atoms. The van der Waals surface area contributed by atoms with E-state index in [2.05, 4.69) is 15.1 Å². The van der Waals surface area contributed by atoms with Gasteiger partial charge in [-0.2, -0.15) is 0 Å². The van der Waals surface area contributed by atoms with Gasteiger partial charge in [0.1, 0.15) is 5.82 Å². The highest BCUT2D eigenvalue weighted by Crippen LogP contribution is 2.27.